The Labute approximate surface area is 91.9 Å². The Balaban J connectivity index is 2.52. The number of ether oxygens (including phenoxy) is 3. The lowest BCUT2D eigenvalue weighted by Crippen LogP contribution is -2.00. The van der Waals surface area contributed by atoms with E-state index < -0.39 is 5.97 Å². The zero-order valence-electron chi connectivity index (χ0n) is 8.65. The molecule has 0 amide bonds. The van der Waals surface area contributed by atoms with E-state index in [0.717, 1.165) is 0 Å². The second-order valence-electron chi connectivity index (χ2n) is 3.19. The van der Waals surface area contributed by atoms with Gasteiger partial charge in [-0.25, -0.2) is 4.79 Å². The van der Waals surface area contributed by atoms with Crippen molar-refractivity contribution < 1.29 is 24.1 Å². The predicted octanol–water partition coefficient (Wildman–Crippen LogP) is 1.52. The molecule has 0 aromatic heterocycles. The first kappa shape index (κ1) is 10.4. The van der Waals surface area contributed by atoms with Gasteiger partial charge in [-0.2, -0.15) is 0 Å². The Morgan fingerprint density at radius 1 is 1.44 bits per heavy atom. The molecule has 1 N–H and O–H groups in total. The minimum Gasteiger partial charge on any atom is -0.496 e. The number of hydrogen-bond donors (Lipinski definition) is 1. The molecule has 0 fully saturated rings. The van der Waals surface area contributed by atoms with Crippen LogP contribution in [-0.4, -0.2) is 25.0 Å². The van der Waals surface area contributed by atoms with Crippen molar-refractivity contribution >= 4 is 11.5 Å². The molecular weight excluding hydrogens is 212 g/mol. The van der Waals surface area contributed by atoms with Crippen molar-refractivity contribution in [2.75, 3.05) is 13.9 Å². The highest BCUT2D eigenvalue weighted by Crippen LogP contribution is 2.40. The van der Waals surface area contributed by atoms with Crippen molar-refractivity contribution in [3.05, 3.63) is 24.3 Å². The minimum absolute atomic E-state index is 0.0462. The molecule has 0 atom stereocenters. The van der Waals surface area contributed by atoms with E-state index in [9.17, 15) is 4.79 Å². The Morgan fingerprint density at radius 2 is 2.06 bits per heavy atom. The first-order valence-corrected chi connectivity index (χ1v) is 4.53. The molecule has 0 radical (unpaired) electrons. The van der Waals surface area contributed by atoms with Crippen LogP contribution >= 0.6 is 0 Å². The van der Waals surface area contributed by atoms with Crippen molar-refractivity contribution in [2.45, 2.75) is 0 Å². The number of methoxy groups -OCH3 is 1. The zero-order valence-corrected chi connectivity index (χ0v) is 8.65. The van der Waals surface area contributed by atoms with Crippen LogP contribution in [0.2, 0.25) is 0 Å². The van der Waals surface area contributed by atoms with E-state index in [1.54, 1.807) is 12.1 Å². The maximum Gasteiger partial charge on any atom is 0.335 e. The fourth-order valence-corrected chi connectivity index (χ4v) is 1.44. The van der Waals surface area contributed by atoms with Crippen molar-refractivity contribution in [2.24, 2.45) is 0 Å². The number of rotatable bonds is 3. The van der Waals surface area contributed by atoms with Crippen molar-refractivity contribution in [1.82, 2.24) is 0 Å². The molecule has 1 heterocycles. The number of carboxylic acid groups (broad SMARTS) is 1. The van der Waals surface area contributed by atoms with Gasteiger partial charge in [0.05, 0.1) is 12.7 Å². The van der Waals surface area contributed by atoms with E-state index in [2.05, 4.69) is 6.58 Å². The molecule has 2 rings (SSSR count). The minimum atomic E-state index is -1.10. The van der Waals surface area contributed by atoms with Crippen LogP contribution < -0.4 is 14.2 Å². The predicted molar refractivity (Wildman–Crippen MR) is 55.8 cm³/mol. The summed E-state index contributed by atoms with van der Waals surface area (Å²) in [5.74, 6) is 0.339. The number of aliphatic carboxylic acids is 1. The molecule has 0 aliphatic carbocycles. The van der Waals surface area contributed by atoms with Crippen LogP contribution in [0.4, 0.5) is 0 Å². The second-order valence-corrected chi connectivity index (χ2v) is 3.19. The lowest BCUT2D eigenvalue weighted by Gasteiger charge is -2.09. The summed E-state index contributed by atoms with van der Waals surface area (Å²) in [6.07, 6.45) is 0. The summed E-state index contributed by atoms with van der Waals surface area (Å²) in [6.45, 7) is 3.61. The second kappa shape index (κ2) is 3.77. The van der Waals surface area contributed by atoms with Gasteiger partial charge in [0.25, 0.3) is 0 Å². The summed E-state index contributed by atoms with van der Waals surface area (Å²) in [7, 11) is 1.45. The average Bonchev–Trinajstić information content (AvgIpc) is 2.72. The third-order valence-electron chi connectivity index (χ3n) is 2.28. The van der Waals surface area contributed by atoms with Gasteiger partial charge in [0.2, 0.25) is 6.79 Å². The summed E-state index contributed by atoms with van der Waals surface area (Å²) in [5.41, 5.74) is 0.342. The molecule has 1 aliphatic rings. The van der Waals surface area contributed by atoms with E-state index in [-0.39, 0.29) is 12.4 Å². The molecule has 84 valence electrons. The fraction of sp³-hybridized carbons (Fsp3) is 0.182. The van der Waals surface area contributed by atoms with Gasteiger partial charge in [0.1, 0.15) is 5.75 Å². The maximum absolute atomic E-state index is 10.8. The van der Waals surface area contributed by atoms with Crippen LogP contribution in [0, 0.1) is 0 Å². The van der Waals surface area contributed by atoms with Gasteiger partial charge in [0.15, 0.2) is 11.5 Å². The van der Waals surface area contributed by atoms with E-state index >= 15 is 0 Å². The average molecular weight is 222 g/mol. The Morgan fingerprint density at radius 3 is 2.62 bits per heavy atom. The number of fused-ring (bicyclic) bond motifs is 1. The third kappa shape index (κ3) is 1.56. The van der Waals surface area contributed by atoms with Gasteiger partial charge in [-0.1, -0.05) is 6.58 Å². The summed E-state index contributed by atoms with van der Waals surface area (Å²) >= 11 is 0. The van der Waals surface area contributed by atoms with Gasteiger partial charge in [-0.3, -0.25) is 0 Å². The van der Waals surface area contributed by atoms with Crippen molar-refractivity contribution in [3.63, 3.8) is 0 Å². The first-order valence-electron chi connectivity index (χ1n) is 4.53. The highest BCUT2D eigenvalue weighted by molar-refractivity contribution is 6.15. The van der Waals surface area contributed by atoms with Crippen LogP contribution in [0.15, 0.2) is 18.7 Å². The summed E-state index contributed by atoms with van der Waals surface area (Å²) in [6, 6.07) is 3.14. The Hall–Kier alpha value is -2.17. The summed E-state index contributed by atoms with van der Waals surface area (Å²) < 4.78 is 15.4. The fourth-order valence-electron chi connectivity index (χ4n) is 1.44. The number of hydrogen-bond acceptors (Lipinski definition) is 4. The molecule has 1 aromatic rings. The van der Waals surface area contributed by atoms with E-state index in [1.165, 1.54) is 7.11 Å². The molecule has 0 saturated heterocycles. The smallest absolute Gasteiger partial charge is 0.335 e. The third-order valence-corrected chi connectivity index (χ3v) is 2.28. The Bertz CT molecular complexity index is 464. The summed E-state index contributed by atoms with van der Waals surface area (Å²) in [5, 5.41) is 8.88. The lowest BCUT2D eigenvalue weighted by molar-refractivity contribution is -0.130. The van der Waals surface area contributed by atoms with Gasteiger partial charge >= 0.3 is 5.97 Å². The van der Waals surface area contributed by atoms with E-state index in [1.807, 2.05) is 0 Å². The SMILES string of the molecule is C=C(C(=O)O)c1cc2c(cc1OC)OCO2. The molecule has 0 unspecified atom stereocenters. The van der Waals surface area contributed by atoms with Crippen LogP contribution in [0.5, 0.6) is 17.2 Å². The monoisotopic (exact) mass is 222 g/mol. The maximum atomic E-state index is 10.8. The van der Waals surface area contributed by atoms with Crippen LogP contribution in [0.1, 0.15) is 5.56 Å². The normalized spacial score (nSPS) is 12.3. The molecule has 5 nitrogen and oxygen atoms in total. The molecule has 1 aromatic carbocycles. The van der Waals surface area contributed by atoms with Gasteiger partial charge < -0.3 is 19.3 Å². The number of carboxylic acids is 1. The Kier molecular flexibility index (Phi) is 2.44. The highest BCUT2D eigenvalue weighted by Gasteiger charge is 2.21. The molecule has 0 bridgehead atoms. The van der Waals surface area contributed by atoms with Crippen LogP contribution in [0.25, 0.3) is 5.57 Å². The van der Waals surface area contributed by atoms with Crippen molar-refractivity contribution in [3.8, 4) is 17.2 Å². The van der Waals surface area contributed by atoms with E-state index in [0.29, 0.717) is 22.8 Å². The van der Waals surface area contributed by atoms with Crippen molar-refractivity contribution in [1.29, 1.82) is 0 Å². The quantitative estimate of drug-likeness (QED) is 0.785. The van der Waals surface area contributed by atoms with Gasteiger partial charge in [-0.15, -0.1) is 0 Å². The highest BCUT2D eigenvalue weighted by atomic mass is 16.7. The van der Waals surface area contributed by atoms with Crippen LogP contribution in [-0.2, 0) is 4.79 Å². The summed E-state index contributed by atoms with van der Waals surface area (Å²) in [4.78, 5) is 10.8. The van der Waals surface area contributed by atoms with Gasteiger partial charge in [0, 0.05) is 11.6 Å². The molecule has 1 aliphatic heterocycles. The topological polar surface area (TPSA) is 65.0 Å². The van der Waals surface area contributed by atoms with Gasteiger partial charge in [-0.05, 0) is 6.07 Å². The number of carbonyl (C=O) groups is 1. The lowest BCUT2D eigenvalue weighted by atomic mass is 10.1. The van der Waals surface area contributed by atoms with Crippen LogP contribution in [0.3, 0.4) is 0 Å². The largest absolute Gasteiger partial charge is 0.496 e. The zero-order chi connectivity index (χ0) is 11.7. The molecule has 0 spiro atoms. The molecule has 5 heteroatoms. The molecular formula is C11H10O5. The first-order chi connectivity index (χ1) is 7.63. The molecule has 16 heavy (non-hydrogen) atoms. The standard InChI is InChI=1S/C11H10O5/c1-6(11(12)13)7-3-9-10(16-5-15-9)4-8(7)14-2/h3-4H,1,5H2,2H3,(H,12,13). The molecule has 0 saturated carbocycles. The van der Waals surface area contributed by atoms with E-state index in [4.69, 9.17) is 19.3 Å². The number of benzene rings is 1.